The van der Waals surface area contributed by atoms with Crippen LogP contribution in [0, 0.1) is 19.8 Å². The van der Waals surface area contributed by atoms with Crippen LogP contribution in [0.1, 0.15) is 57.5 Å². The minimum atomic E-state index is 0.0900. The summed E-state index contributed by atoms with van der Waals surface area (Å²) in [5.41, 5.74) is 8.89. The Morgan fingerprint density at radius 3 is 2.17 bits per heavy atom. The van der Waals surface area contributed by atoms with E-state index in [-0.39, 0.29) is 5.91 Å². The van der Waals surface area contributed by atoms with Crippen LogP contribution in [0.5, 0.6) is 0 Å². The van der Waals surface area contributed by atoms with E-state index in [1.54, 1.807) is 0 Å². The summed E-state index contributed by atoms with van der Waals surface area (Å²) in [6, 6.07) is 17.7. The van der Waals surface area contributed by atoms with Gasteiger partial charge >= 0.3 is 0 Å². The number of hydrogen-bond acceptors (Lipinski definition) is 2. The molecular formula is C25H27N3O. The second kappa shape index (κ2) is 6.87. The van der Waals surface area contributed by atoms with E-state index in [0.717, 1.165) is 29.9 Å². The van der Waals surface area contributed by atoms with Crippen molar-refractivity contribution < 1.29 is 4.79 Å². The first-order chi connectivity index (χ1) is 14.0. The zero-order valence-corrected chi connectivity index (χ0v) is 17.3. The van der Waals surface area contributed by atoms with E-state index in [4.69, 9.17) is 0 Å². The summed E-state index contributed by atoms with van der Waals surface area (Å²) in [4.78, 5) is 12.7. The molecule has 0 aliphatic heterocycles. The highest BCUT2D eigenvalue weighted by atomic mass is 16.1. The van der Waals surface area contributed by atoms with Crippen molar-refractivity contribution in [2.75, 3.05) is 6.54 Å². The standard InChI is InChI=1S/C25H27N3O/c1-15-22(16(2)28(3)27-15)13-24(29)26-14-17-12-23-18-8-4-6-10-20(18)25(17)21-11-7-5-9-19(21)23/h4-11,17,23,25H,12-14H2,1-3H3,(H,26,29). The number of aromatic nitrogens is 2. The summed E-state index contributed by atoms with van der Waals surface area (Å²) in [6.07, 6.45) is 1.50. The van der Waals surface area contributed by atoms with Crippen molar-refractivity contribution >= 4 is 5.91 Å². The summed E-state index contributed by atoms with van der Waals surface area (Å²) in [7, 11) is 1.93. The van der Waals surface area contributed by atoms with Crippen LogP contribution in [-0.2, 0) is 18.3 Å². The number of benzene rings is 2. The zero-order chi connectivity index (χ0) is 20.1. The van der Waals surface area contributed by atoms with Gasteiger partial charge in [-0.25, -0.2) is 0 Å². The predicted molar refractivity (Wildman–Crippen MR) is 114 cm³/mol. The molecule has 3 aromatic rings. The summed E-state index contributed by atoms with van der Waals surface area (Å²) in [5.74, 6) is 1.34. The second-order valence-corrected chi connectivity index (χ2v) is 8.54. The Labute approximate surface area is 172 Å². The van der Waals surface area contributed by atoms with Gasteiger partial charge in [0.15, 0.2) is 0 Å². The Bertz CT molecular complexity index is 1050. The quantitative estimate of drug-likeness (QED) is 0.738. The molecule has 1 heterocycles. The number of nitrogens with one attached hydrogen (secondary N) is 1. The topological polar surface area (TPSA) is 46.9 Å². The molecule has 2 bridgehead atoms. The lowest BCUT2D eigenvalue weighted by atomic mass is 9.59. The number of hydrogen-bond donors (Lipinski definition) is 1. The van der Waals surface area contributed by atoms with Crippen LogP contribution in [0.15, 0.2) is 48.5 Å². The summed E-state index contributed by atoms with van der Waals surface area (Å²) >= 11 is 0. The molecule has 1 aromatic heterocycles. The molecule has 1 atom stereocenters. The first-order valence-corrected chi connectivity index (χ1v) is 10.5. The molecule has 29 heavy (non-hydrogen) atoms. The molecule has 0 radical (unpaired) electrons. The molecule has 4 heteroatoms. The highest BCUT2D eigenvalue weighted by molar-refractivity contribution is 5.79. The van der Waals surface area contributed by atoms with Crippen molar-refractivity contribution in [3.05, 3.63) is 87.7 Å². The van der Waals surface area contributed by atoms with E-state index in [1.807, 2.05) is 25.6 Å². The minimum Gasteiger partial charge on any atom is -0.356 e. The molecule has 0 saturated carbocycles. The van der Waals surface area contributed by atoms with Gasteiger partial charge in [0.1, 0.15) is 0 Å². The fourth-order valence-electron chi connectivity index (χ4n) is 5.50. The van der Waals surface area contributed by atoms with Crippen LogP contribution in [0.3, 0.4) is 0 Å². The van der Waals surface area contributed by atoms with Crippen LogP contribution in [0.4, 0.5) is 0 Å². The lowest BCUT2D eigenvalue weighted by molar-refractivity contribution is -0.120. The van der Waals surface area contributed by atoms with E-state index in [0.29, 0.717) is 24.2 Å². The number of amides is 1. The van der Waals surface area contributed by atoms with Crippen molar-refractivity contribution in [1.82, 2.24) is 15.1 Å². The fraction of sp³-hybridized carbons (Fsp3) is 0.360. The molecule has 4 nitrogen and oxygen atoms in total. The fourth-order valence-corrected chi connectivity index (χ4v) is 5.50. The summed E-state index contributed by atoms with van der Waals surface area (Å²) < 4.78 is 1.85. The number of carbonyl (C=O) groups excluding carboxylic acids is 1. The molecule has 3 aliphatic rings. The summed E-state index contributed by atoms with van der Waals surface area (Å²) in [6.45, 7) is 4.72. The van der Waals surface area contributed by atoms with Gasteiger partial charge in [-0.2, -0.15) is 5.10 Å². The highest BCUT2D eigenvalue weighted by Crippen LogP contribution is 2.55. The third kappa shape index (κ3) is 2.89. The van der Waals surface area contributed by atoms with Gasteiger partial charge < -0.3 is 5.32 Å². The van der Waals surface area contributed by atoms with Crippen LogP contribution >= 0.6 is 0 Å². The predicted octanol–water partition coefficient (Wildman–Crippen LogP) is 3.99. The third-order valence-corrected chi connectivity index (χ3v) is 6.98. The molecule has 1 N–H and O–H groups in total. The molecule has 0 fully saturated rings. The van der Waals surface area contributed by atoms with E-state index >= 15 is 0 Å². The monoisotopic (exact) mass is 385 g/mol. The molecule has 0 spiro atoms. The normalized spacial score (nSPS) is 21.6. The molecule has 6 rings (SSSR count). The van der Waals surface area contributed by atoms with Gasteiger partial charge in [0.25, 0.3) is 0 Å². The van der Waals surface area contributed by atoms with Crippen molar-refractivity contribution in [2.24, 2.45) is 13.0 Å². The molecule has 1 amide bonds. The Hall–Kier alpha value is -2.88. The third-order valence-electron chi connectivity index (χ3n) is 6.98. The maximum Gasteiger partial charge on any atom is 0.224 e. The SMILES string of the molecule is Cc1nn(C)c(C)c1CC(=O)NCC1CC2c3ccccc3C1c1ccccc12. The lowest BCUT2D eigenvalue weighted by Crippen LogP contribution is -2.39. The Morgan fingerprint density at radius 2 is 1.62 bits per heavy atom. The van der Waals surface area contributed by atoms with Gasteiger partial charge in [-0.1, -0.05) is 48.5 Å². The average molecular weight is 386 g/mol. The molecule has 1 unspecified atom stereocenters. The Morgan fingerprint density at radius 1 is 1.03 bits per heavy atom. The first kappa shape index (κ1) is 18.2. The summed E-state index contributed by atoms with van der Waals surface area (Å²) in [5, 5.41) is 7.67. The van der Waals surface area contributed by atoms with E-state index in [2.05, 4.69) is 58.9 Å². The van der Waals surface area contributed by atoms with E-state index in [1.165, 1.54) is 22.3 Å². The average Bonchev–Trinajstić information content (AvgIpc) is 2.98. The number of nitrogens with zero attached hydrogens (tertiary/aromatic N) is 2. The van der Waals surface area contributed by atoms with Gasteiger partial charge in [0.05, 0.1) is 12.1 Å². The van der Waals surface area contributed by atoms with Crippen LogP contribution in [0.2, 0.25) is 0 Å². The van der Waals surface area contributed by atoms with Gasteiger partial charge in [-0.3, -0.25) is 9.48 Å². The second-order valence-electron chi connectivity index (χ2n) is 8.54. The maximum atomic E-state index is 12.7. The molecule has 2 aromatic carbocycles. The maximum absolute atomic E-state index is 12.7. The minimum absolute atomic E-state index is 0.0900. The molecule has 148 valence electrons. The van der Waals surface area contributed by atoms with Crippen molar-refractivity contribution in [3.63, 3.8) is 0 Å². The van der Waals surface area contributed by atoms with Crippen molar-refractivity contribution in [2.45, 2.75) is 38.5 Å². The van der Waals surface area contributed by atoms with E-state index < -0.39 is 0 Å². The van der Waals surface area contributed by atoms with Crippen molar-refractivity contribution in [3.8, 4) is 0 Å². The van der Waals surface area contributed by atoms with Gasteiger partial charge in [0, 0.05) is 36.7 Å². The lowest BCUT2D eigenvalue weighted by Gasteiger charge is -2.45. The zero-order valence-electron chi connectivity index (χ0n) is 17.3. The molecular weight excluding hydrogens is 358 g/mol. The Balaban J connectivity index is 1.36. The largest absolute Gasteiger partial charge is 0.356 e. The van der Waals surface area contributed by atoms with Gasteiger partial charge in [0.2, 0.25) is 5.91 Å². The smallest absolute Gasteiger partial charge is 0.224 e. The van der Waals surface area contributed by atoms with Crippen LogP contribution in [-0.4, -0.2) is 22.2 Å². The van der Waals surface area contributed by atoms with E-state index in [9.17, 15) is 4.79 Å². The Kier molecular flexibility index (Phi) is 4.30. The van der Waals surface area contributed by atoms with Gasteiger partial charge in [-0.05, 0) is 48.4 Å². The van der Waals surface area contributed by atoms with Gasteiger partial charge in [-0.15, -0.1) is 0 Å². The number of rotatable bonds is 4. The molecule has 0 saturated heterocycles. The number of aryl methyl sites for hydroxylation is 2. The first-order valence-electron chi connectivity index (χ1n) is 10.5. The van der Waals surface area contributed by atoms with Crippen LogP contribution in [0.25, 0.3) is 0 Å². The van der Waals surface area contributed by atoms with Crippen LogP contribution < -0.4 is 5.32 Å². The number of fused-ring (bicyclic) bond motifs is 1. The number of carbonyl (C=O) groups is 1. The highest BCUT2D eigenvalue weighted by Gasteiger charge is 2.42. The van der Waals surface area contributed by atoms with Crippen molar-refractivity contribution in [1.29, 1.82) is 0 Å². The molecule has 3 aliphatic carbocycles.